The second kappa shape index (κ2) is 6.22. The summed E-state index contributed by atoms with van der Waals surface area (Å²) < 4.78 is 18.6. The first-order chi connectivity index (χ1) is 9.87. The van der Waals surface area contributed by atoms with Crippen LogP contribution in [-0.4, -0.2) is 11.1 Å². The van der Waals surface area contributed by atoms with Gasteiger partial charge < -0.3 is 10.5 Å². The minimum Gasteiger partial charge on any atom is -0.489 e. The molecule has 2 aromatic rings. The van der Waals surface area contributed by atoms with Crippen molar-refractivity contribution >= 4 is 0 Å². The first-order valence-electron chi connectivity index (χ1n) is 7.02. The molecule has 1 heterocycles. The molecule has 1 aromatic heterocycles. The fourth-order valence-electron chi connectivity index (χ4n) is 2.20. The summed E-state index contributed by atoms with van der Waals surface area (Å²) in [6.07, 6.45) is 4.11. The largest absolute Gasteiger partial charge is 0.489 e. The molecule has 0 aliphatic heterocycles. The molecule has 2 N–H and O–H groups in total. The third kappa shape index (κ3) is 4.26. The summed E-state index contributed by atoms with van der Waals surface area (Å²) in [5.41, 5.74) is 7.70. The van der Waals surface area contributed by atoms with Gasteiger partial charge >= 0.3 is 0 Å². The molecule has 0 radical (unpaired) electrons. The van der Waals surface area contributed by atoms with E-state index in [0.29, 0.717) is 12.2 Å². The molecule has 21 heavy (non-hydrogen) atoms. The molecule has 4 heteroatoms. The smallest absolute Gasteiger partial charge is 0.138 e. The van der Waals surface area contributed by atoms with Crippen molar-refractivity contribution in [3.63, 3.8) is 0 Å². The maximum atomic E-state index is 13.0. The van der Waals surface area contributed by atoms with Crippen LogP contribution in [0.25, 0.3) is 0 Å². The Hall–Kier alpha value is -1.94. The summed E-state index contributed by atoms with van der Waals surface area (Å²) in [7, 11) is 0. The van der Waals surface area contributed by atoms with Gasteiger partial charge in [0, 0.05) is 11.7 Å². The molecule has 112 valence electrons. The highest BCUT2D eigenvalue weighted by molar-refractivity contribution is 5.31. The molecule has 0 aliphatic carbocycles. The van der Waals surface area contributed by atoms with E-state index in [1.807, 2.05) is 26.8 Å². The van der Waals surface area contributed by atoms with Gasteiger partial charge in [-0.15, -0.1) is 0 Å². The van der Waals surface area contributed by atoms with Gasteiger partial charge in [-0.25, -0.2) is 4.39 Å². The molecule has 0 spiro atoms. The number of hydrogen-bond acceptors (Lipinski definition) is 3. The number of aromatic nitrogens is 1. The number of nitrogens with two attached hydrogens (primary N) is 1. The van der Waals surface area contributed by atoms with Crippen molar-refractivity contribution in [3.8, 4) is 5.75 Å². The Morgan fingerprint density at radius 1 is 1.24 bits per heavy atom. The van der Waals surface area contributed by atoms with Crippen molar-refractivity contribution in [3.05, 3.63) is 59.7 Å². The van der Waals surface area contributed by atoms with Gasteiger partial charge in [0.15, 0.2) is 0 Å². The molecule has 1 aromatic carbocycles. The average molecular weight is 288 g/mol. The van der Waals surface area contributed by atoms with Crippen molar-refractivity contribution in [2.45, 2.75) is 38.8 Å². The molecule has 0 saturated heterocycles. The van der Waals surface area contributed by atoms with Gasteiger partial charge in [-0.05, 0) is 56.5 Å². The first-order valence-corrected chi connectivity index (χ1v) is 7.02. The summed E-state index contributed by atoms with van der Waals surface area (Å²) >= 11 is 0. The lowest BCUT2D eigenvalue weighted by atomic mass is 9.87. The molecule has 0 saturated carbocycles. The van der Waals surface area contributed by atoms with Crippen molar-refractivity contribution < 1.29 is 9.13 Å². The monoisotopic (exact) mass is 288 g/mol. The third-order valence-electron chi connectivity index (χ3n) is 3.23. The summed E-state index contributed by atoms with van der Waals surface area (Å²) in [5, 5.41) is 0. The van der Waals surface area contributed by atoms with E-state index in [1.54, 1.807) is 24.5 Å². The van der Waals surface area contributed by atoms with Gasteiger partial charge in [0.25, 0.3) is 0 Å². The molecule has 1 unspecified atom stereocenters. The quantitative estimate of drug-likeness (QED) is 0.917. The zero-order chi connectivity index (χ0) is 15.5. The standard InChI is InChI=1S/C17H21FN2O/c1-12(2)21-16-8-14(10-20-11-16)17(3,19)9-13-4-6-15(18)7-5-13/h4-8,10-12H,9,19H2,1-3H3. The van der Waals surface area contributed by atoms with Gasteiger partial charge in [0.2, 0.25) is 0 Å². The number of benzene rings is 1. The highest BCUT2D eigenvalue weighted by atomic mass is 19.1. The lowest BCUT2D eigenvalue weighted by Crippen LogP contribution is -2.35. The minimum atomic E-state index is -0.596. The van der Waals surface area contributed by atoms with E-state index in [4.69, 9.17) is 10.5 Å². The molecule has 3 nitrogen and oxygen atoms in total. The van der Waals surface area contributed by atoms with Crippen molar-refractivity contribution in [2.75, 3.05) is 0 Å². The van der Waals surface area contributed by atoms with Gasteiger partial charge in [0.1, 0.15) is 11.6 Å². The fraction of sp³-hybridized carbons (Fsp3) is 0.353. The maximum Gasteiger partial charge on any atom is 0.138 e. The number of hydrogen-bond donors (Lipinski definition) is 1. The second-order valence-electron chi connectivity index (χ2n) is 5.80. The predicted molar refractivity (Wildman–Crippen MR) is 81.6 cm³/mol. The Morgan fingerprint density at radius 3 is 2.52 bits per heavy atom. The Bertz CT molecular complexity index is 594. The van der Waals surface area contributed by atoms with Gasteiger partial charge in [-0.2, -0.15) is 0 Å². The number of pyridine rings is 1. The van der Waals surface area contributed by atoms with Crippen LogP contribution in [0.5, 0.6) is 5.75 Å². The molecule has 0 fully saturated rings. The van der Waals surface area contributed by atoms with Crippen LogP contribution in [0.1, 0.15) is 31.9 Å². The van der Waals surface area contributed by atoms with Crippen LogP contribution in [0.15, 0.2) is 42.7 Å². The zero-order valence-corrected chi connectivity index (χ0v) is 12.6. The van der Waals surface area contributed by atoms with Crippen LogP contribution in [-0.2, 0) is 12.0 Å². The minimum absolute atomic E-state index is 0.0863. The number of rotatable bonds is 5. The van der Waals surface area contributed by atoms with Gasteiger partial charge in [-0.1, -0.05) is 12.1 Å². The molecular formula is C17H21FN2O. The molecular weight excluding hydrogens is 267 g/mol. The highest BCUT2D eigenvalue weighted by Gasteiger charge is 2.23. The Labute approximate surface area is 125 Å². The van der Waals surface area contributed by atoms with Crippen LogP contribution in [0, 0.1) is 5.82 Å². The van der Waals surface area contributed by atoms with E-state index >= 15 is 0 Å². The maximum absolute atomic E-state index is 13.0. The van der Waals surface area contributed by atoms with Gasteiger partial charge in [-0.3, -0.25) is 4.98 Å². The number of nitrogens with zero attached hydrogens (tertiary/aromatic N) is 1. The molecule has 0 bridgehead atoms. The van der Waals surface area contributed by atoms with Gasteiger partial charge in [0.05, 0.1) is 12.3 Å². The van der Waals surface area contributed by atoms with Crippen LogP contribution in [0.2, 0.25) is 0 Å². The van der Waals surface area contributed by atoms with Crippen molar-refractivity contribution in [2.24, 2.45) is 5.73 Å². The topological polar surface area (TPSA) is 48.1 Å². The number of ether oxygens (including phenoxy) is 1. The normalized spacial score (nSPS) is 14.0. The predicted octanol–water partition coefficient (Wildman–Crippen LogP) is 3.42. The average Bonchev–Trinajstić information content (AvgIpc) is 2.41. The van der Waals surface area contributed by atoms with Crippen LogP contribution < -0.4 is 10.5 Å². The summed E-state index contributed by atoms with van der Waals surface area (Å²) in [5.74, 6) is 0.463. The molecule has 0 amide bonds. The van der Waals surface area contributed by atoms with E-state index in [9.17, 15) is 4.39 Å². The number of halogens is 1. The first kappa shape index (κ1) is 15.4. The van der Waals surface area contributed by atoms with E-state index in [1.165, 1.54) is 12.1 Å². The van der Waals surface area contributed by atoms with Crippen molar-refractivity contribution in [1.82, 2.24) is 4.98 Å². The molecule has 2 rings (SSSR count). The lowest BCUT2D eigenvalue weighted by molar-refractivity contribution is 0.240. The SMILES string of the molecule is CC(C)Oc1cncc(C(C)(N)Cc2ccc(F)cc2)c1. The lowest BCUT2D eigenvalue weighted by Gasteiger charge is -2.25. The summed E-state index contributed by atoms with van der Waals surface area (Å²) in [4.78, 5) is 4.19. The summed E-state index contributed by atoms with van der Waals surface area (Å²) in [6, 6.07) is 8.31. The Morgan fingerprint density at radius 2 is 1.90 bits per heavy atom. The fourth-order valence-corrected chi connectivity index (χ4v) is 2.20. The van der Waals surface area contributed by atoms with E-state index in [-0.39, 0.29) is 11.9 Å². The Kier molecular flexibility index (Phi) is 4.58. The van der Waals surface area contributed by atoms with Crippen LogP contribution >= 0.6 is 0 Å². The third-order valence-corrected chi connectivity index (χ3v) is 3.23. The van der Waals surface area contributed by atoms with Crippen LogP contribution in [0.3, 0.4) is 0 Å². The molecule has 1 atom stereocenters. The van der Waals surface area contributed by atoms with Crippen LogP contribution in [0.4, 0.5) is 4.39 Å². The Balaban J connectivity index is 2.20. The second-order valence-corrected chi connectivity index (χ2v) is 5.80. The van der Waals surface area contributed by atoms with E-state index in [2.05, 4.69) is 4.98 Å². The summed E-state index contributed by atoms with van der Waals surface area (Å²) in [6.45, 7) is 5.87. The van der Waals surface area contributed by atoms with Crippen molar-refractivity contribution in [1.29, 1.82) is 0 Å². The molecule has 0 aliphatic rings. The van der Waals surface area contributed by atoms with E-state index < -0.39 is 5.54 Å². The zero-order valence-electron chi connectivity index (χ0n) is 12.6. The highest BCUT2D eigenvalue weighted by Crippen LogP contribution is 2.25. The van der Waals surface area contributed by atoms with E-state index in [0.717, 1.165) is 11.1 Å².